The van der Waals surface area contributed by atoms with Crippen LogP contribution >= 0.6 is 0 Å². The maximum Gasteiger partial charge on any atom is 0.248 e. The Morgan fingerprint density at radius 2 is 1.97 bits per heavy atom. The van der Waals surface area contributed by atoms with Crippen molar-refractivity contribution in [1.29, 1.82) is 0 Å². The van der Waals surface area contributed by atoms with Gasteiger partial charge in [0.2, 0.25) is 5.91 Å². The smallest absolute Gasteiger partial charge is 0.248 e. The maximum atomic E-state index is 12.3. The molecule has 0 aliphatic carbocycles. The Kier molecular flexibility index (Phi) is 5.94. The van der Waals surface area contributed by atoms with Gasteiger partial charge >= 0.3 is 0 Å². The number of likely N-dealkylation sites (tertiary alicyclic amines) is 2. The number of allylic oxidation sites excluding steroid dienone is 1. The number of aliphatic hydroxyl groups excluding tert-OH is 1. The molecule has 2 saturated heterocycles. The fourth-order valence-corrected chi connectivity index (χ4v) is 4.98. The standard InChI is InChI=1S/C23H28N4O3/c1-3-4-17-5-7-19(8-6-17)22-20(12-28)27(11-18-9-24-16-25-10-18)23(22)14-26(15-23)21(29)13-30-2/h3-10,16,20,22,28H,11-15H2,1-2H3/b4-3+/t20-,22+/m0/s1. The van der Waals surface area contributed by atoms with Crippen LogP contribution in [0.3, 0.4) is 0 Å². The molecule has 1 spiro atoms. The van der Waals surface area contributed by atoms with Crippen molar-refractivity contribution in [2.75, 3.05) is 33.4 Å². The van der Waals surface area contributed by atoms with Crippen molar-refractivity contribution in [3.05, 3.63) is 65.8 Å². The molecule has 0 unspecified atom stereocenters. The van der Waals surface area contributed by atoms with Gasteiger partial charge in [-0.25, -0.2) is 9.97 Å². The number of rotatable bonds is 7. The monoisotopic (exact) mass is 408 g/mol. The van der Waals surface area contributed by atoms with Gasteiger partial charge in [0.05, 0.1) is 12.1 Å². The average Bonchev–Trinajstić information content (AvgIpc) is 2.72. The number of ether oxygens (including phenoxy) is 1. The number of hydrogen-bond acceptors (Lipinski definition) is 6. The second-order valence-electron chi connectivity index (χ2n) is 8.06. The van der Waals surface area contributed by atoms with Gasteiger partial charge in [0.15, 0.2) is 0 Å². The first-order valence-corrected chi connectivity index (χ1v) is 10.2. The van der Waals surface area contributed by atoms with Crippen LogP contribution in [0.15, 0.2) is 49.1 Å². The van der Waals surface area contributed by atoms with Crippen LogP contribution in [-0.4, -0.2) is 75.8 Å². The fraction of sp³-hybridized carbons (Fsp3) is 0.435. The molecule has 1 aromatic carbocycles. The van der Waals surface area contributed by atoms with Crippen LogP contribution in [0, 0.1) is 0 Å². The van der Waals surface area contributed by atoms with Gasteiger partial charge in [-0.3, -0.25) is 9.69 Å². The lowest BCUT2D eigenvalue weighted by Gasteiger charge is -2.70. The van der Waals surface area contributed by atoms with Crippen LogP contribution in [0.25, 0.3) is 6.08 Å². The van der Waals surface area contributed by atoms with Crippen molar-refractivity contribution in [1.82, 2.24) is 19.8 Å². The molecule has 0 radical (unpaired) electrons. The highest BCUT2D eigenvalue weighted by Crippen LogP contribution is 2.54. The third-order valence-corrected chi connectivity index (χ3v) is 6.29. The Bertz CT molecular complexity index is 894. The molecule has 30 heavy (non-hydrogen) atoms. The van der Waals surface area contributed by atoms with E-state index in [2.05, 4.69) is 45.2 Å². The molecule has 2 aliphatic rings. The number of aromatic nitrogens is 2. The molecule has 2 aliphatic heterocycles. The molecule has 1 N–H and O–H groups in total. The van der Waals surface area contributed by atoms with E-state index in [0.29, 0.717) is 19.6 Å². The molecular weight excluding hydrogens is 380 g/mol. The molecule has 0 saturated carbocycles. The average molecular weight is 409 g/mol. The molecule has 3 heterocycles. The third-order valence-electron chi connectivity index (χ3n) is 6.29. The van der Waals surface area contributed by atoms with Gasteiger partial charge in [-0.2, -0.15) is 0 Å². The minimum Gasteiger partial charge on any atom is -0.395 e. The molecule has 7 nitrogen and oxygen atoms in total. The molecule has 1 aromatic heterocycles. The second-order valence-corrected chi connectivity index (χ2v) is 8.06. The van der Waals surface area contributed by atoms with Crippen molar-refractivity contribution < 1.29 is 14.6 Å². The largest absolute Gasteiger partial charge is 0.395 e. The van der Waals surface area contributed by atoms with Crippen LogP contribution in [0.4, 0.5) is 0 Å². The normalized spacial score (nSPS) is 22.8. The second kappa shape index (κ2) is 8.63. The fourth-order valence-electron chi connectivity index (χ4n) is 4.98. The number of amides is 1. The van der Waals surface area contributed by atoms with Crippen molar-refractivity contribution >= 4 is 12.0 Å². The quantitative estimate of drug-likeness (QED) is 0.751. The molecule has 7 heteroatoms. The predicted octanol–water partition coefficient (Wildman–Crippen LogP) is 1.70. The van der Waals surface area contributed by atoms with Gasteiger partial charge in [-0.1, -0.05) is 36.4 Å². The Balaban J connectivity index is 1.61. The number of methoxy groups -OCH3 is 1. The lowest BCUT2D eigenvalue weighted by atomic mass is 9.60. The number of nitrogens with zero attached hydrogens (tertiary/aromatic N) is 4. The zero-order valence-corrected chi connectivity index (χ0v) is 17.4. The Hall–Kier alpha value is -2.61. The number of carbonyl (C=O) groups is 1. The van der Waals surface area contributed by atoms with Crippen LogP contribution in [0.1, 0.15) is 29.5 Å². The van der Waals surface area contributed by atoms with Crippen molar-refractivity contribution in [2.24, 2.45) is 0 Å². The highest BCUT2D eigenvalue weighted by Gasteiger charge is 2.66. The summed E-state index contributed by atoms with van der Waals surface area (Å²) in [5, 5.41) is 10.2. The van der Waals surface area contributed by atoms with E-state index < -0.39 is 0 Å². The summed E-state index contributed by atoms with van der Waals surface area (Å²) < 4.78 is 5.02. The molecule has 2 fully saturated rings. The summed E-state index contributed by atoms with van der Waals surface area (Å²) >= 11 is 0. The molecule has 4 rings (SSSR count). The first-order chi connectivity index (χ1) is 14.6. The van der Waals surface area contributed by atoms with Gasteiger partial charge in [-0.05, 0) is 18.1 Å². The van der Waals surface area contributed by atoms with Gasteiger partial charge in [0.25, 0.3) is 0 Å². The molecule has 1 amide bonds. The Morgan fingerprint density at radius 1 is 1.27 bits per heavy atom. The summed E-state index contributed by atoms with van der Waals surface area (Å²) in [7, 11) is 1.54. The van der Waals surface area contributed by atoms with Gasteiger partial charge in [-0.15, -0.1) is 0 Å². The summed E-state index contributed by atoms with van der Waals surface area (Å²) in [4.78, 5) is 24.7. The van der Waals surface area contributed by atoms with Crippen LogP contribution < -0.4 is 0 Å². The van der Waals surface area contributed by atoms with Crippen molar-refractivity contribution in [3.8, 4) is 0 Å². The molecule has 158 valence electrons. The molecule has 0 bridgehead atoms. The predicted molar refractivity (Wildman–Crippen MR) is 114 cm³/mol. The van der Waals surface area contributed by atoms with Gasteiger partial charge < -0.3 is 14.7 Å². The topological polar surface area (TPSA) is 78.8 Å². The van der Waals surface area contributed by atoms with Crippen LogP contribution in [0.5, 0.6) is 0 Å². The summed E-state index contributed by atoms with van der Waals surface area (Å²) in [5.74, 6) is 0.152. The van der Waals surface area contributed by atoms with Gasteiger partial charge in [0, 0.05) is 56.7 Å². The zero-order valence-electron chi connectivity index (χ0n) is 17.4. The first kappa shape index (κ1) is 20.7. The maximum absolute atomic E-state index is 12.3. The Labute approximate surface area is 177 Å². The molecule has 2 atom stereocenters. The van der Waals surface area contributed by atoms with Crippen molar-refractivity contribution in [3.63, 3.8) is 0 Å². The number of benzene rings is 1. The number of aliphatic hydroxyl groups is 1. The van der Waals surface area contributed by atoms with E-state index in [1.165, 1.54) is 19.0 Å². The zero-order chi connectivity index (χ0) is 21.1. The van der Waals surface area contributed by atoms with E-state index >= 15 is 0 Å². The van der Waals surface area contributed by atoms with E-state index in [1.54, 1.807) is 12.4 Å². The summed E-state index contributed by atoms with van der Waals surface area (Å²) in [6, 6.07) is 8.49. The SMILES string of the molecule is C/C=C/c1ccc([C@@H]2[C@H](CO)N(Cc3cncnc3)C23CN(C(=O)COC)C3)cc1. The minimum atomic E-state index is -0.200. The van der Waals surface area contributed by atoms with Crippen molar-refractivity contribution in [2.45, 2.75) is 31.0 Å². The Morgan fingerprint density at radius 3 is 2.57 bits per heavy atom. The highest BCUT2D eigenvalue weighted by atomic mass is 16.5. The van der Waals surface area contributed by atoms with E-state index in [1.807, 2.05) is 17.9 Å². The first-order valence-electron chi connectivity index (χ1n) is 10.2. The van der Waals surface area contributed by atoms with E-state index in [-0.39, 0.29) is 36.6 Å². The molecular formula is C23H28N4O3. The van der Waals surface area contributed by atoms with Crippen LogP contribution in [-0.2, 0) is 16.1 Å². The molecule has 2 aromatic rings. The summed E-state index contributed by atoms with van der Waals surface area (Å²) in [6.45, 7) is 4.05. The highest BCUT2D eigenvalue weighted by molar-refractivity contribution is 5.79. The summed E-state index contributed by atoms with van der Waals surface area (Å²) in [5.41, 5.74) is 3.15. The van der Waals surface area contributed by atoms with Gasteiger partial charge in [0.1, 0.15) is 12.9 Å². The summed E-state index contributed by atoms with van der Waals surface area (Å²) in [6.07, 6.45) is 9.22. The number of carbonyl (C=O) groups excluding carboxylic acids is 1. The van der Waals surface area contributed by atoms with E-state index in [9.17, 15) is 9.90 Å². The minimum absolute atomic E-state index is 0.000693. The van der Waals surface area contributed by atoms with E-state index in [4.69, 9.17) is 4.74 Å². The van der Waals surface area contributed by atoms with Crippen LogP contribution in [0.2, 0.25) is 0 Å². The lowest BCUT2D eigenvalue weighted by molar-refractivity contribution is -0.201. The number of hydrogen-bond donors (Lipinski definition) is 1. The van der Waals surface area contributed by atoms with E-state index in [0.717, 1.165) is 11.1 Å². The third kappa shape index (κ3) is 3.53. The lowest BCUT2D eigenvalue weighted by Crippen LogP contribution is -2.84.